The number of amides is 2. The van der Waals surface area contributed by atoms with E-state index in [0.717, 1.165) is 28.5 Å². The van der Waals surface area contributed by atoms with Crippen LogP contribution in [0.5, 0.6) is 0 Å². The smallest absolute Gasteiger partial charge is 0.318 e. The molecule has 3 aromatic rings. The third-order valence-corrected chi connectivity index (χ3v) is 8.04. The van der Waals surface area contributed by atoms with Gasteiger partial charge >= 0.3 is 6.03 Å². The first kappa shape index (κ1) is 20.8. The maximum absolute atomic E-state index is 13.2. The highest BCUT2D eigenvalue weighted by molar-refractivity contribution is 7.89. The van der Waals surface area contributed by atoms with Crippen molar-refractivity contribution in [2.45, 2.75) is 24.3 Å². The Bertz CT molecular complexity index is 1280. The SMILES string of the molecule is CC[C@H](NC(=O)N1CC2=C(C1)CN(S(=O)(=O)c1ccc3occc3c1)C2)c1ccccc1. The molecule has 0 saturated heterocycles. The van der Waals surface area contributed by atoms with E-state index in [2.05, 4.69) is 5.32 Å². The summed E-state index contributed by atoms with van der Waals surface area (Å²) in [4.78, 5) is 14.9. The van der Waals surface area contributed by atoms with E-state index >= 15 is 0 Å². The van der Waals surface area contributed by atoms with Crippen LogP contribution in [0.2, 0.25) is 0 Å². The van der Waals surface area contributed by atoms with Gasteiger partial charge < -0.3 is 14.6 Å². The van der Waals surface area contributed by atoms with E-state index < -0.39 is 10.0 Å². The third kappa shape index (κ3) is 3.69. The van der Waals surface area contributed by atoms with Gasteiger partial charge in [-0.15, -0.1) is 0 Å². The molecule has 2 aliphatic heterocycles. The molecule has 1 aromatic heterocycles. The fourth-order valence-corrected chi connectivity index (χ4v) is 5.93. The zero-order valence-corrected chi connectivity index (χ0v) is 18.6. The molecule has 0 aliphatic carbocycles. The van der Waals surface area contributed by atoms with Crippen LogP contribution in [-0.2, 0) is 10.0 Å². The molecule has 166 valence electrons. The number of carbonyl (C=O) groups excluding carboxylic acids is 1. The molecule has 0 radical (unpaired) electrons. The molecule has 0 fully saturated rings. The molecule has 0 spiro atoms. The molecule has 8 heteroatoms. The number of rotatable bonds is 5. The summed E-state index contributed by atoms with van der Waals surface area (Å²) < 4.78 is 33.1. The lowest BCUT2D eigenvalue weighted by atomic mass is 10.1. The molecule has 0 unspecified atom stereocenters. The van der Waals surface area contributed by atoms with E-state index in [9.17, 15) is 13.2 Å². The number of hydrogen-bond acceptors (Lipinski definition) is 4. The second-order valence-electron chi connectivity index (χ2n) is 8.28. The Hall–Kier alpha value is -3.10. The number of benzene rings is 2. The molecule has 0 bridgehead atoms. The first-order valence-electron chi connectivity index (χ1n) is 10.7. The summed E-state index contributed by atoms with van der Waals surface area (Å²) in [5, 5.41) is 3.88. The fourth-order valence-electron chi connectivity index (χ4n) is 4.46. The van der Waals surface area contributed by atoms with Crippen molar-refractivity contribution in [1.29, 1.82) is 0 Å². The van der Waals surface area contributed by atoms with Gasteiger partial charge in [0.25, 0.3) is 0 Å². The predicted molar refractivity (Wildman–Crippen MR) is 122 cm³/mol. The summed E-state index contributed by atoms with van der Waals surface area (Å²) >= 11 is 0. The number of hydrogen-bond donors (Lipinski definition) is 1. The van der Waals surface area contributed by atoms with Gasteiger partial charge in [0.2, 0.25) is 10.0 Å². The lowest BCUT2D eigenvalue weighted by molar-refractivity contribution is 0.203. The van der Waals surface area contributed by atoms with Crippen molar-refractivity contribution in [3.8, 4) is 0 Å². The van der Waals surface area contributed by atoms with E-state index in [0.29, 0.717) is 31.8 Å². The summed E-state index contributed by atoms with van der Waals surface area (Å²) in [5.41, 5.74) is 3.77. The Morgan fingerprint density at radius 1 is 1.03 bits per heavy atom. The Morgan fingerprint density at radius 2 is 1.75 bits per heavy atom. The fraction of sp³-hybridized carbons (Fsp3) is 0.292. The first-order valence-corrected chi connectivity index (χ1v) is 12.2. The van der Waals surface area contributed by atoms with Crippen LogP contribution in [-0.4, -0.2) is 49.8 Å². The van der Waals surface area contributed by atoms with E-state index in [-0.39, 0.29) is 17.0 Å². The Labute approximate surface area is 187 Å². The minimum Gasteiger partial charge on any atom is -0.464 e. The summed E-state index contributed by atoms with van der Waals surface area (Å²) in [6.07, 6.45) is 2.34. The van der Waals surface area contributed by atoms with Gasteiger partial charge in [-0.1, -0.05) is 37.3 Å². The van der Waals surface area contributed by atoms with Gasteiger partial charge in [-0.05, 0) is 47.4 Å². The van der Waals surface area contributed by atoms with Crippen molar-refractivity contribution in [1.82, 2.24) is 14.5 Å². The molecule has 32 heavy (non-hydrogen) atoms. The lowest BCUT2D eigenvalue weighted by Crippen LogP contribution is -2.42. The van der Waals surface area contributed by atoms with Crippen molar-refractivity contribution in [3.05, 3.63) is 77.6 Å². The van der Waals surface area contributed by atoms with Gasteiger partial charge in [0.1, 0.15) is 5.58 Å². The van der Waals surface area contributed by atoms with E-state index in [1.54, 1.807) is 35.4 Å². The minimum absolute atomic E-state index is 0.0474. The summed E-state index contributed by atoms with van der Waals surface area (Å²) in [7, 11) is -3.62. The van der Waals surface area contributed by atoms with Gasteiger partial charge in [0, 0.05) is 31.6 Å². The molecule has 2 amide bonds. The standard InChI is InChI=1S/C24H25N3O4S/c1-2-22(17-6-4-3-5-7-17)25-24(28)26-13-19-15-27(16-20(19)14-26)32(29,30)21-8-9-23-18(12-21)10-11-31-23/h3-12,22H,2,13-16H2,1H3,(H,25,28)/t22-/m0/s1. The lowest BCUT2D eigenvalue weighted by Gasteiger charge is -2.25. The first-order chi connectivity index (χ1) is 15.5. The quantitative estimate of drug-likeness (QED) is 0.596. The number of fused-ring (bicyclic) bond motifs is 1. The van der Waals surface area contributed by atoms with Crippen molar-refractivity contribution in [2.24, 2.45) is 0 Å². The van der Waals surface area contributed by atoms with Crippen LogP contribution in [0.25, 0.3) is 11.0 Å². The van der Waals surface area contributed by atoms with Crippen LogP contribution in [0.3, 0.4) is 0 Å². The van der Waals surface area contributed by atoms with Crippen LogP contribution in [0, 0.1) is 0 Å². The molecule has 1 atom stereocenters. The topological polar surface area (TPSA) is 82.9 Å². The summed E-state index contributed by atoms with van der Waals surface area (Å²) in [5.74, 6) is 0. The number of carbonyl (C=O) groups is 1. The van der Waals surface area contributed by atoms with Crippen LogP contribution in [0.4, 0.5) is 4.79 Å². The van der Waals surface area contributed by atoms with E-state index in [1.807, 2.05) is 37.3 Å². The van der Waals surface area contributed by atoms with Gasteiger partial charge in [-0.2, -0.15) is 4.31 Å². The van der Waals surface area contributed by atoms with Crippen molar-refractivity contribution in [2.75, 3.05) is 26.2 Å². The highest BCUT2D eigenvalue weighted by Gasteiger charge is 2.38. The number of sulfonamides is 1. The Balaban J connectivity index is 1.23. The van der Waals surface area contributed by atoms with Crippen LogP contribution < -0.4 is 5.32 Å². The molecule has 3 heterocycles. The maximum atomic E-state index is 13.2. The number of furan rings is 1. The normalized spacial score (nSPS) is 17.7. The van der Waals surface area contributed by atoms with E-state index in [4.69, 9.17) is 4.42 Å². The monoisotopic (exact) mass is 451 g/mol. The van der Waals surface area contributed by atoms with Gasteiger partial charge in [-0.3, -0.25) is 0 Å². The summed E-state index contributed by atoms with van der Waals surface area (Å²) in [6.45, 7) is 3.60. The zero-order chi connectivity index (χ0) is 22.3. The number of urea groups is 1. The largest absolute Gasteiger partial charge is 0.464 e. The van der Waals surface area contributed by atoms with Crippen molar-refractivity contribution in [3.63, 3.8) is 0 Å². The molecule has 2 aromatic carbocycles. The Kier molecular flexibility index (Phi) is 5.27. The van der Waals surface area contributed by atoms with Crippen LogP contribution in [0.15, 0.2) is 81.3 Å². The zero-order valence-electron chi connectivity index (χ0n) is 17.8. The summed E-state index contributed by atoms with van der Waals surface area (Å²) in [6, 6.07) is 16.4. The molecular weight excluding hydrogens is 426 g/mol. The molecule has 5 rings (SSSR count). The average Bonchev–Trinajstić information content (AvgIpc) is 3.52. The number of nitrogens with zero attached hydrogens (tertiary/aromatic N) is 2. The number of nitrogens with one attached hydrogen (secondary N) is 1. The van der Waals surface area contributed by atoms with Gasteiger partial charge in [0.15, 0.2) is 0 Å². The van der Waals surface area contributed by atoms with Crippen LogP contribution in [0.1, 0.15) is 24.9 Å². The van der Waals surface area contributed by atoms with Crippen molar-refractivity contribution >= 4 is 27.0 Å². The van der Waals surface area contributed by atoms with Gasteiger partial charge in [-0.25, -0.2) is 13.2 Å². The molecule has 1 N–H and O–H groups in total. The van der Waals surface area contributed by atoms with E-state index in [1.165, 1.54) is 4.31 Å². The molecule has 2 aliphatic rings. The highest BCUT2D eigenvalue weighted by Crippen LogP contribution is 2.31. The molecule has 0 saturated carbocycles. The van der Waals surface area contributed by atoms with Gasteiger partial charge in [0.05, 0.1) is 17.2 Å². The highest BCUT2D eigenvalue weighted by atomic mass is 32.2. The molecular formula is C24H25N3O4S. The van der Waals surface area contributed by atoms with Crippen LogP contribution >= 0.6 is 0 Å². The second-order valence-corrected chi connectivity index (χ2v) is 10.2. The Morgan fingerprint density at radius 3 is 2.44 bits per heavy atom. The average molecular weight is 452 g/mol. The third-order valence-electron chi connectivity index (χ3n) is 6.25. The minimum atomic E-state index is -3.62. The predicted octanol–water partition coefficient (Wildman–Crippen LogP) is 3.91. The molecule has 7 nitrogen and oxygen atoms in total. The van der Waals surface area contributed by atoms with Crippen molar-refractivity contribution < 1.29 is 17.6 Å². The maximum Gasteiger partial charge on any atom is 0.318 e. The second kappa shape index (κ2) is 8.11.